The van der Waals surface area contributed by atoms with E-state index < -0.39 is 0 Å². The lowest BCUT2D eigenvalue weighted by atomic mass is 9.96. The van der Waals surface area contributed by atoms with E-state index in [9.17, 15) is 0 Å². The maximum Gasteiger partial charge on any atom is 0.161 e. The summed E-state index contributed by atoms with van der Waals surface area (Å²) in [5, 5.41) is 4.18. The largest absolute Gasteiger partial charge is 0.456 e. The molecular formula is C45H27N3O2. The molecule has 5 nitrogen and oxygen atoms in total. The molecule has 0 spiro atoms. The molecule has 4 heterocycles. The van der Waals surface area contributed by atoms with Crippen molar-refractivity contribution in [2.24, 2.45) is 0 Å². The number of nitrogens with zero attached hydrogens (tertiary/aromatic N) is 3. The number of rotatable bonds is 5. The number of aromatic nitrogens is 3. The highest BCUT2D eigenvalue weighted by Crippen LogP contribution is 2.43. The van der Waals surface area contributed by atoms with Crippen molar-refractivity contribution in [3.63, 3.8) is 0 Å². The van der Waals surface area contributed by atoms with Crippen LogP contribution in [-0.4, -0.2) is 15.0 Å². The molecule has 234 valence electrons. The van der Waals surface area contributed by atoms with Gasteiger partial charge in [0, 0.05) is 61.8 Å². The van der Waals surface area contributed by atoms with E-state index in [4.69, 9.17) is 18.8 Å². The van der Waals surface area contributed by atoms with Crippen molar-refractivity contribution < 1.29 is 8.83 Å². The molecule has 0 amide bonds. The van der Waals surface area contributed by atoms with Gasteiger partial charge in [0.2, 0.25) is 0 Å². The van der Waals surface area contributed by atoms with Crippen LogP contribution in [0.4, 0.5) is 0 Å². The van der Waals surface area contributed by atoms with Crippen molar-refractivity contribution in [2.45, 2.75) is 0 Å². The average molecular weight is 642 g/mol. The molecule has 0 bridgehead atoms. The van der Waals surface area contributed by atoms with Gasteiger partial charge in [-0.2, -0.15) is 0 Å². The second kappa shape index (κ2) is 11.4. The minimum Gasteiger partial charge on any atom is -0.456 e. The van der Waals surface area contributed by atoms with Crippen LogP contribution in [0.5, 0.6) is 0 Å². The standard InChI is InChI=1S/C45H27N3O2/c1-2-11-28(12-3-1)38-26-39(33-15-5-4-14-31(33)30-13-10-24-46-27-30)48-45(47-38)37-23-22-32(44-43(37)36-17-7-9-19-41(36)50-44)29-20-21-35-34-16-6-8-18-40(34)49-42(35)25-29/h1-27H. The van der Waals surface area contributed by atoms with E-state index >= 15 is 0 Å². The van der Waals surface area contributed by atoms with E-state index in [1.807, 2.05) is 66.9 Å². The fourth-order valence-corrected chi connectivity index (χ4v) is 7.08. The van der Waals surface area contributed by atoms with Crippen LogP contribution < -0.4 is 0 Å². The third-order valence-corrected chi connectivity index (χ3v) is 9.43. The molecular weight excluding hydrogens is 615 g/mol. The summed E-state index contributed by atoms with van der Waals surface area (Å²) in [5.74, 6) is 0.623. The van der Waals surface area contributed by atoms with Crippen LogP contribution in [0.1, 0.15) is 0 Å². The summed E-state index contributed by atoms with van der Waals surface area (Å²) in [4.78, 5) is 14.9. The van der Waals surface area contributed by atoms with E-state index in [0.29, 0.717) is 5.82 Å². The number of pyridine rings is 1. The number of para-hydroxylation sites is 2. The van der Waals surface area contributed by atoms with Gasteiger partial charge in [0.15, 0.2) is 5.82 Å². The van der Waals surface area contributed by atoms with Gasteiger partial charge >= 0.3 is 0 Å². The van der Waals surface area contributed by atoms with E-state index in [2.05, 4.69) is 96.0 Å². The third kappa shape index (κ3) is 4.60. The number of furan rings is 2. The summed E-state index contributed by atoms with van der Waals surface area (Å²) in [7, 11) is 0. The first-order valence-corrected chi connectivity index (χ1v) is 16.6. The Morgan fingerprint density at radius 1 is 0.400 bits per heavy atom. The third-order valence-electron chi connectivity index (χ3n) is 9.43. The molecule has 50 heavy (non-hydrogen) atoms. The van der Waals surface area contributed by atoms with Crippen molar-refractivity contribution in [3.05, 3.63) is 164 Å². The van der Waals surface area contributed by atoms with Crippen LogP contribution in [0, 0.1) is 0 Å². The van der Waals surface area contributed by atoms with Gasteiger partial charge in [-0.25, -0.2) is 9.97 Å². The molecule has 0 N–H and O–H groups in total. The highest BCUT2D eigenvalue weighted by molar-refractivity contribution is 6.16. The monoisotopic (exact) mass is 641 g/mol. The molecule has 0 saturated carbocycles. The Balaban J connectivity index is 1.22. The van der Waals surface area contributed by atoms with Gasteiger partial charge in [-0.05, 0) is 59.7 Å². The lowest BCUT2D eigenvalue weighted by molar-refractivity contribution is 0.668. The van der Waals surface area contributed by atoms with E-state index in [1.165, 1.54) is 0 Å². The summed E-state index contributed by atoms with van der Waals surface area (Å²) in [6, 6.07) is 51.7. The quantitative estimate of drug-likeness (QED) is 0.187. The first-order chi connectivity index (χ1) is 24.8. The molecule has 4 aromatic heterocycles. The fraction of sp³-hybridized carbons (Fsp3) is 0. The van der Waals surface area contributed by atoms with Gasteiger partial charge in [-0.3, -0.25) is 4.98 Å². The first kappa shape index (κ1) is 28.2. The Bertz CT molecular complexity index is 2870. The zero-order valence-corrected chi connectivity index (χ0v) is 26.7. The average Bonchev–Trinajstić information content (AvgIpc) is 3.77. The Hall–Kier alpha value is -6.85. The Morgan fingerprint density at radius 2 is 1.08 bits per heavy atom. The minimum absolute atomic E-state index is 0.623. The molecule has 10 aromatic rings. The van der Waals surface area contributed by atoms with Crippen molar-refractivity contribution in [2.75, 3.05) is 0 Å². The molecule has 0 aliphatic rings. The predicted octanol–water partition coefficient (Wildman–Crippen LogP) is 12.0. The number of fused-ring (bicyclic) bond motifs is 6. The molecule has 5 heteroatoms. The second-order valence-electron chi connectivity index (χ2n) is 12.4. The van der Waals surface area contributed by atoms with E-state index in [1.54, 1.807) is 6.20 Å². The maximum absolute atomic E-state index is 6.68. The topological polar surface area (TPSA) is 65.0 Å². The van der Waals surface area contributed by atoms with E-state index in [0.717, 1.165) is 94.2 Å². The number of benzene rings is 6. The van der Waals surface area contributed by atoms with E-state index in [-0.39, 0.29) is 0 Å². The van der Waals surface area contributed by atoms with Crippen LogP contribution >= 0.6 is 0 Å². The zero-order valence-electron chi connectivity index (χ0n) is 26.7. The van der Waals surface area contributed by atoms with Crippen LogP contribution in [0.2, 0.25) is 0 Å². The molecule has 0 aliphatic carbocycles. The highest BCUT2D eigenvalue weighted by atomic mass is 16.3. The van der Waals surface area contributed by atoms with Gasteiger partial charge in [0.25, 0.3) is 0 Å². The van der Waals surface area contributed by atoms with Gasteiger partial charge < -0.3 is 8.83 Å². The summed E-state index contributed by atoms with van der Waals surface area (Å²) in [5.41, 5.74) is 12.0. The highest BCUT2D eigenvalue weighted by Gasteiger charge is 2.21. The molecule has 0 unspecified atom stereocenters. The normalized spacial score (nSPS) is 11.6. The van der Waals surface area contributed by atoms with Gasteiger partial charge in [0.1, 0.15) is 22.3 Å². The van der Waals surface area contributed by atoms with Crippen LogP contribution in [-0.2, 0) is 0 Å². The van der Waals surface area contributed by atoms with Crippen LogP contribution in [0.3, 0.4) is 0 Å². The second-order valence-corrected chi connectivity index (χ2v) is 12.4. The molecule has 0 saturated heterocycles. The summed E-state index contributed by atoms with van der Waals surface area (Å²) in [6.07, 6.45) is 3.68. The Labute approximate surface area is 287 Å². The summed E-state index contributed by atoms with van der Waals surface area (Å²) in [6.45, 7) is 0. The predicted molar refractivity (Wildman–Crippen MR) is 202 cm³/mol. The lowest BCUT2D eigenvalue weighted by Gasteiger charge is -2.14. The molecule has 6 aromatic carbocycles. The number of hydrogen-bond donors (Lipinski definition) is 0. The summed E-state index contributed by atoms with van der Waals surface area (Å²) < 4.78 is 13.0. The molecule has 0 fully saturated rings. The minimum atomic E-state index is 0.623. The van der Waals surface area contributed by atoms with Gasteiger partial charge in [-0.1, -0.05) is 103 Å². The van der Waals surface area contributed by atoms with Crippen molar-refractivity contribution in [1.82, 2.24) is 15.0 Å². The molecule has 10 rings (SSSR count). The molecule has 0 radical (unpaired) electrons. The Kier molecular flexibility index (Phi) is 6.42. The zero-order chi connectivity index (χ0) is 33.0. The Morgan fingerprint density at radius 3 is 1.92 bits per heavy atom. The summed E-state index contributed by atoms with van der Waals surface area (Å²) >= 11 is 0. The van der Waals surface area contributed by atoms with Crippen LogP contribution in [0.25, 0.3) is 100 Å². The van der Waals surface area contributed by atoms with Crippen molar-refractivity contribution in [3.8, 4) is 56.2 Å². The smallest absolute Gasteiger partial charge is 0.161 e. The SMILES string of the molecule is c1ccc(-c2cc(-c3ccccc3-c3cccnc3)nc(-c3ccc(-c4ccc5c(c4)oc4ccccc45)c4oc5ccccc5c34)n2)cc1. The van der Waals surface area contributed by atoms with Crippen molar-refractivity contribution >= 4 is 43.9 Å². The molecule has 0 atom stereocenters. The fourth-order valence-electron chi connectivity index (χ4n) is 7.08. The van der Waals surface area contributed by atoms with Gasteiger partial charge in [-0.15, -0.1) is 0 Å². The maximum atomic E-state index is 6.68. The number of hydrogen-bond acceptors (Lipinski definition) is 5. The molecule has 0 aliphatic heterocycles. The van der Waals surface area contributed by atoms with Gasteiger partial charge in [0.05, 0.1) is 11.4 Å². The first-order valence-electron chi connectivity index (χ1n) is 16.6. The van der Waals surface area contributed by atoms with Crippen molar-refractivity contribution in [1.29, 1.82) is 0 Å². The lowest BCUT2D eigenvalue weighted by Crippen LogP contribution is -1.98. The van der Waals surface area contributed by atoms with Crippen LogP contribution in [0.15, 0.2) is 173 Å².